The Labute approximate surface area is 99.5 Å². The lowest BCUT2D eigenvalue weighted by atomic mass is 10.2. The molecule has 2 nitrogen and oxygen atoms in total. The van der Waals surface area contributed by atoms with Gasteiger partial charge in [-0.05, 0) is 20.8 Å². The van der Waals surface area contributed by atoms with Crippen LogP contribution in [0.2, 0.25) is 0 Å². The normalized spacial score (nSPS) is 18.2. The van der Waals surface area contributed by atoms with Crippen LogP contribution in [0.5, 0.6) is 0 Å². The summed E-state index contributed by atoms with van der Waals surface area (Å²) in [5, 5.41) is 0. The molecule has 4 heteroatoms. The van der Waals surface area contributed by atoms with Crippen molar-refractivity contribution in [3.05, 3.63) is 0 Å². The molecule has 0 heterocycles. The number of alkyl halides is 2. The third-order valence-electron chi connectivity index (χ3n) is 1.61. The molecule has 0 saturated heterocycles. The number of ether oxygens (including phenoxy) is 2. The van der Waals surface area contributed by atoms with E-state index in [9.17, 15) is 0 Å². The number of hydrogen-bond acceptors (Lipinski definition) is 2. The molecule has 0 aromatic heterocycles. The van der Waals surface area contributed by atoms with E-state index in [2.05, 4.69) is 22.6 Å². The van der Waals surface area contributed by atoms with Gasteiger partial charge in [-0.1, -0.05) is 22.6 Å². The molecule has 0 N–H and O–H groups in total. The van der Waals surface area contributed by atoms with Crippen molar-refractivity contribution in [2.45, 2.75) is 32.5 Å². The highest BCUT2D eigenvalue weighted by molar-refractivity contribution is 14.1. The zero-order valence-electron chi connectivity index (χ0n) is 8.48. The van der Waals surface area contributed by atoms with Crippen molar-refractivity contribution in [3.8, 4) is 0 Å². The molecule has 0 aliphatic carbocycles. The van der Waals surface area contributed by atoms with E-state index in [0.29, 0.717) is 12.5 Å². The standard InChI is InChI=1S/C9H18ClIO2/c1-4-12-5-8(2)13-9(3,6-10)7-11/h8H,4-7H2,1-3H3. The molecule has 2 atom stereocenters. The highest BCUT2D eigenvalue weighted by atomic mass is 127. The van der Waals surface area contributed by atoms with Gasteiger partial charge in [0.2, 0.25) is 0 Å². The molecule has 0 spiro atoms. The highest BCUT2D eigenvalue weighted by Gasteiger charge is 2.24. The summed E-state index contributed by atoms with van der Waals surface area (Å²) < 4.78 is 11.9. The predicted molar refractivity (Wildman–Crippen MR) is 65.1 cm³/mol. The Hall–Kier alpha value is 0.940. The summed E-state index contributed by atoms with van der Waals surface area (Å²) in [6.07, 6.45) is 0.110. The second kappa shape index (κ2) is 7.26. The number of hydrogen-bond donors (Lipinski definition) is 0. The summed E-state index contributed by atoms with van der Waals surface area (Å²) in [5.41, 5.74) is -0.224. The van der Waals surface area contributed by atoms with Gasteiger partial charge in [-0.15, -0.1) is 11.6 Å². The van der Waals surface area contributed by atoms with Gasteiger partial charge in [-0.3, -0.25) is 0 Å². The van der Waals surface area contributed by atoms with E-state index in [-0.39, 0.29) is 11.7 Å². The van der Waals surface area contributed by atoms with Crippen LogP contribution in [0.3, 0.4) is 0 Å². The van der Waals surface area contributed by atoms with Crippen LogP contribution in [0.25, 0.3) is 0 Å². The molecular formula is C9H18ClIO2. The van der Waals surface area contributed by atoms with Gasteiger partial charge >= 0.3 is 0 Å². The smallest absolute Gasteiger partial charge is 0.0882 e. The highest BCUT2D eigenvalue weighted by Crippen LogP contribution is 2.18. The maximum atomic E-state index is 5.82. The quantitative estimate of drug-likeness (QED) is 0.530. The van der Waals surface area contributed by atoms with Crippen LogP contribution >= 0.6 is 34.2 Å². The lowest BCUT2D eigenvalue weighted by Crippen LogP contribution is -2.37. The van der Waals surface area contributed by atoms with Gasteiger partial charge in [0.25, 0.3) is 0 Å². The summed E-state index contributed by atoms with van der Waals surface area (Å²) in [5.74, 6) is 0.520. The van der Waals surface area contributed by atoms with Crippen molar-refractivity contribution in [2.75, 3.05) is 23.5 Å². The Morgan fingerprint density at radius 1 is 1.54 bits per heavy atom. The lowest BCUT2D eigenvalue weighted by molar-refractivity contribution is -0.0770. The molecule has 0 aromatic rings. The molecule has 0 rings (SSSR count). The van der Waals surface area contributed by atoms with Crippen molar-refractivity contribution in [2.24, 2.45) is 0 Å². The summed E-state index contributed by atoms with van der Waals surface area (Å²) in [6.45, 7) is 7.38. The topological polar surface area (TPSA) is 18.5 Å². The van der Waals surface area contributed by atoms with Crippen LogP contribution in [0.15, 0.2) is 0 Å². The van der Waals surface area contributed by atoms with E-state index in [4.69, 9.17) is 21.1 Å². The fourth-order valence-electron chi connectivity index (χ4n) is 0.902. The van der Waals surface area contributed by atoms with Crippen LogP contribution in [0.4, 0.5) is 0 Å². The summed E-state index contributed by atoms with van der Waals surface area (Å²) in [4.78, 5) is 0. The Morgan fingerprint density at radius 2 is 2.15 bits per heavy atom. The molecular weight excluding hydrogens is 302 g/mol. The molecule has 13 heavy (non-hydrogen) atoms. The Morgan fingerprint density at radius 3 is 2.54 bits per heavy atom. The first-order valence-electron chi connectivity index (χ1n) is 4.45. The van der Waals surface area contributed by atoms with E-state index >= 15 is 0 Å². The van der Waals surface area contributed by atoms with Gasteiger partial charge in [0.05, 0.1) is 24.2 Å². The molecule has 0 aromatic carbocycles. The van der Waals surface area contributed by atoms with E-state index in [1.165, 1.54) is 0 Å². The van der Waals surface area contributed by atoms with Crippen molar-refractivity contribution in [1.29, 1.82) is 0 Å². The van der Waals surface area contributed by atoms with Gasteiger partial charge < -0.3 is 9.47 Å². The monoisotopic (exact) mass is 320 g/mol. The molecule has 0 aliphatic rings. The van der Waals surface area contributed by atoms with Crippen LogP contribution in [-0.4, -0.2) is 35.2 Å². The largest absolute Gasteiger partial charge is 0.379 e. The lowest BCUT2D eigenvalue weighted by Gasteiger charge is -2.29. The maximum absolute atomic E-state index is 5.82. The Kier molecular flexibility index (Phi) is 7.79. The van der Waals surface area contributed by atoms with Crippen molar-refractivity contribution in [3.63, 3.8) is 0 Å². The van der Waals surface area contributed by atoms with Crippen LogP contribution in [0.1, 0.15) is 20.8 Å². The second-order valence-corrected chi connectivity index (χ2v) is 4.34. The first-order valence-corrected chi connectivity index (χ1v) is 6.51. The summed E-state index contributed by atoms with van der Waals surface area (Å²) in [6, 6.07) is 0. The first-order chi connectivity index (χ1) is 6.08. The van der Waals surface area contributed by atoms with Gasteiger partial charge in [0.15, 0.2) is 0 Å². The Bertz CT molecular complexity index is 129. The molecule has 0 aliphatic heterocycles. The molecule has 0 amide bonds. The zero-order chi connectivity index (χ0) is 10.3. The van der Waals surface area contributed by atoms with Gasteiger partial charge in [-0.2, -0.15) is 0 Å². The van der Waals surface area contributed by atoms with E-state index in [1.807, 2.05) is 20.8 Å². The zero-order valence-corrected chi connectivity index (χ0v) is 11.4. The minimum atomic E-state index is -0.224. The fourth-order valence-corrected chi connectivity index (χ4v) is 1.83. The third kappa shape index (κ3) is 6.10. The third-order valence-corrected chi connectivity index (χ3v) is 3.79. The molecule has 80 valence electrons. The molecule has 0 saturated carbocycles. The number of rotatable bonds is 7. The number of halogens is 2. The molecule has 0 bridgehead atoms. The minimum Gasteiger partial charge on any atom is -0.379 e. The fraction of sp³-hybridized carbons (Fsp3) is 1.00. The van der Waals surface area contributed by atoms with Crippen molar-refractivity contribution >= 4 is 34.2 Å². The second-order valence-electron chi connectivity index (χ2n) is 3.31. The van der Waals surface area contributed by atoms with Crippen LogP contribution in [0, 0.1) is 0 Å². The first kappa shape index (κ1) is 13.9. The van der Waals surface area contributed by atoms with Crippen molar-refractivity contribution < 1.29 is 9.47 Å². The average molecular weight is 321 g/mol. The van der Waals surface area contributed by atoms with E-state index in [0.717, 1.165) is 11.0 Å². The van der Waals surface area contributed by atoms with E-state index < -0.39 is 0 Å². The molecule has 0 radical (unpaired) electrons. The van der Waals surface area contributed by atoms with Crippen molar-refractivity contribution in [1.82, 2.24) is 0 Å². The molecule has 2 unspecified atom stereocenters. The predicted octanol–water partition coefficient (Wildman–Crippen LogP) is 2.86. The summed E-state index contributed by atoms with van der Waals surface area (Å²) in [7, 11) is 0. The van der Waals surface area contributed by atoms with Crippen LogP contribution < -0.4 is 0 Å². The van der Waals surface area contributed by atoms with Crippen LogP contribution in [-0.2, 0) is 9.47 Å². The van der Waals surface area contributed by atoms with Gasteiger partial charge in [0.1, 0.15) is 0 Å². The summed E-state index contributed by atoms with van der Waals surface area (Å²) >= 11 is 8.10. The van der Waals surface area contributed by atoms with Gasteiger partial charge in [0, 0.05) is 11.0 Å². The Balaban J connectivity index is 3.79. The average Bonchev–Trinajstić information content (AvgIpc) is 2.14. The van der Waals surface area contributed by atoms with E-state index in [1.54, 1.807) is 0 Å². The van der Waals surface area contributed by atoms with Gasteiger partial charge in [-0.25, -0.2) is 0 Å². The maximum Gasteiger partial charge on any atom is 0.0882 e. The minimum absolute atomic E-state index is 0.110. The SMILES string of the molecule is CCOCC(C)OC(C)(CCl)CI. The molecule has 0 fully saturated rings.